The van der Waals surface area contributed by atoms with Gasteiger partial charge in [-0.15, -0.1) is 0 Å². The van der Waals surface area contributed by atoms with Gasteiger partial charge in [-0.05, 0) is 42.0 Å². The molecule has 28 heavy (non-hydrogen) atoms. The first-order chi connectivity index (χ1) is 13.8. The number of halogens is 1. The predicted octanol–water partition coefficient (Wildman–Crippen LogP) is 5.28. The first kappa shape index (κ1) is 16.4. The quantitative estimate of drug-likeness (QED) is 0.469. The molecule has 0 radical (unpaired) electrons. The minimum atomic E-state index is -0.258. The number of H-pyrrole nitrogens is 1. The summed E-state index contributed by atoms with van der Waals surface area (Å²) >= 11 is 0. The molecule has 0 atom stereocenters. The van der Waals surface area contributed by atoms with E-state index in [0.29, 0.717) is 6.54 Å². The fourth-order valence-electron chi connectivity index (χ4n) is 3.55. The van der Waals surface area contributed by atoms with E-state index < -0.39 is 0 Å². The summed E-state index contributed by atoms with van der Waals surface area (Å²) in [4.78, 5) is 12.3. The molecule has 5 heteroatoms. The number of pyridine rings is 1. The summed E-state index contributed by atoms with van der Waals surface area (Å²) in [5.74, 6) is -0.258. The number of nitrogens with one attached hydrogen (secondary N) is 1. The number of fused-ring (bicyclic) bond motifs is 1. The van der Waals surface area contributed by atoms with Gasteiger partial charge in [0.1, 0.15) is 11.5 Å². The number of hydrogen-bond acceptors (Lipinski definition) is 2. The fraction of sp³-hybridized carbons (Fsp3) is 0.0435. The molecular weight excluding hydrogens is 351 g/mol. The van der Waals surface area contributed by atoms with Crippen molar-refractivity contribution >= 4 is 11.0 Å². The average molecular weight is 368 g/mol. The highest BCUT2D eigenvalue weighted by molar-refractivity contribution is 5.95. The smallest absolute Gasteiger partial charge is 0.137 e. The molecule has 0 saturated carbocycles. The third-order valence-electron chi connectivity index (χ3n) is 4.87. The van der Waals surface area contributed by atoms with E-state index in [1.165, 1.54) is 17.7 Å². The van der Waals surface area contributed by atoms with Gasteiger partial charge in [0, 0.05) is 35.5 Å². The van der Waals surface area contributed by atoms with E-state index in [1.807, 2.05) is 42.9 Å². The molecule has 0 aliphatic rings. The topological polar surface area (TPSA) is 46.5 Å². The largest absolute Gasteiger partial charge is 0.346 e. The van der Waals surface area contributed by atoms with Gasteiger partial charge in [-0.3, -0.25) is 0 Å². The minimum Gasteiger partial charge on any atom is -0.346 e. The van der Waals surface area contributed by atoms with Crippen molar-refractivity contribution in [3.63, 3.8) is 0 Å². The summed E-state index contributed by atoms with van der Waals surface area (Å²) in [5.41, 5.74) is 5.75. The van der Waals surface area contributed by atoms with Crippen LogP contribution in [-0.2, 0) is 6.54 Å². The van der Waals surface area contributed by atoms with E-state index in [1.54, 1.807) is 18.3 Å². The van der Waals surface area contributed by atoms with Crippen molar-refractivity contribution in [2.45, 2.75) is 6.54 Å². The van der Waals surface area contributed by atoms with Crippen LogP contribution in [0.15, 0.2) is 85.5 Å². The maximum absolute atomic E-state index is 13.4. The van der Waals surface area contributed by atoms with Gasteiger partial charge in [-0.2, -0.15) is 0 Å². The molecule has 5 aromatic rings. The van der Waals surface area contributed by atoms with Crippen LogP contribution in [-0.4, -0.2) is 19.5 Å². The van der Waals surface area contributed by atoms with Crippen molar-refractivity contribution < 1.29 is 4.39 Å². The second kappa shape index (κ2) is 6.78. The van der Waals surface area contributed by atoms with Crippen LogP contribution in [0.25, 0.3) is 33.5 Å². The molecule has 2 aromatic carbocycles. The average Bonchev–Trinajstić information content (AvgIpc) is 3.36. The molecule has 0 spiro atoms. The molecule has 0 unspecified atom stereocenters. The minimum absolute atomic E-state index is 0.258. The molecule has 4 nitrogen and oxygen atoms in total. The van der Waals surface area contributed by atoms with Crippen molar-refractivity contribution in [2.75, 3.05) is 0 Å². The molecule has 0 aliphatic carbocycles. The molecule has 0 fully saturated rings. The van der Waals surface area contributed by atoms with E-state index in [0.717, 1.165) is 33.5 Å². The number of benzene rings is 2. The van der Waals surface area contributed by atoms with Crippen molar-refractivity contribution in [2.24, 2.45) is 0 Å². The first-order valence-corrected chi connectivity index (χ1v) is 9.07. The van der Waals surface area contributed by atoms with E-state index >= 15 is 0 Å². The predicted molar refractivity (Wildman–Crippen MR) is 108 cm³/mol. The zero-order chi connectivity index (χ0) is 18.9. The highest BCUT2D eigenvalue weighted by atomic mass is 19.1. The van der Waals surface area contributed by atoms with E-state index in [4.69, 9.17) is 0 Å². The SMILES string of the molecule is Fc1ccc(-c2ncn(Cc3ccccc3)c2-c2ccnc3[nH]ccc23)cc1. The van der Waals surface area contributed by atoms with Gasteiger partial charge in [0.05, 0.1) is 17.7 Å². The summed E-state index contributed by atoms with van der Waals surface area (Å²) in [7, 11) is 0. The monoisotopic (exact) mass is 368 g/mol. The Labute approximate surface area is 161 Å². The van der Waals surface area contributed by atoms with Gasteiger partial charge in [-0.25, -0.2) is 14.4 Å². The van der Waals surface area contributed by atoms with Crippen LogP contribution < -0.4 is 0 Å². The Kier molecular flexibility index (Phi) is 3.98. The normalized spacial score (nSPS) is 11.2. The van der Waals surface area contributed by atoms with Crippen LogP contribution in [0.1, 0.15) is 5.56 Å². The number of aromatic nitrogens is 4. The Bertz CT molecular complexity index is 1240. The zero-order valence-electron chi connectivity index (χ0n) is 15.0. The van der Waals surface area contributed by atoms with Crippen LogP contribution in [0, 0.1) is 5.82 Å². The van der Waals surface area contributed by atoms with Gasteiger partial charge >= 0.3 is 0 Å². The first-order valence-electron chi connectivity index (χ1n) is 9.07. The van der Waals surface area contributed by atoms with Crippen molar-refractivity contribution in [1.29, 1.82) is 0 Å². The third-order valence-corrected chi connectivity index (χ3v) is 4.87. The lowest BCUT2D eigenvalue weighted by molar-refractivity contribution is 0.628. The summed E-state index contributed by atoms with van der Waals surface area (Å²) in [6.45, 7) is 0.693. The summed E-state index contributed by atoms with van der Waals surface area (Å²) < 4.78 is 15.6. The van der Waals surface area contributed by atoms with Gasteiger partial charge in [-0.1, -0.05) is 30.3 Å². The van der Waals surface area contributed by atoms with E-state index in [2.05, 4.69) is 31.7 Å². The van der Waals surface area contributed by atoms with Crippen molar-refractivity contribution in [3.8, 4) is 22.5 Å². The lowest BCUT2D eigenvalue weighted by Gasteiger charge is -2.12. The second-order valence-corrected chi connectivity index (χ2v) is 6.66. The number of imidazole rings is 1. The molecule has 0 saturated heterocycles. The maximum Gasteiger partial charge on any atom is 0.137 e. The number of nitrogens with zero attached hydrogens (tertiary/aromatic N) is 3. The Morgan fingerprint density at radius 3 is 2.54 bits per heavy atom. The van der Waals surface area contributed by atoms with Crippen LogP contribution in [0.2, 0.25) is 0 Å². The molecule has 5 rings (SSSR count). The van der Waals surface area contributed by atoms with Crippen molar-refractivity contribution in [3.05, 3.63) is 96.8 Å². The van der Waals surface area contributed by atoms with Crippen LogP contribution in [0.4, 0.5) is 4.39 Å². The van der Waals surface area contributed by atoms with Crippen LogP contribution >= 0.6 is 0 Å². The Hall–Kier alpha value is -3.73. The van der Waals surface area contributed by atoms with Crippen LogP contribution in [0.3, 0.4) is 0 Å². The molecule has 0 amide bonds. The van der Waals surface area contributed by atoms with E-state index in [-0.39, 0.29) is 5.82 Å². The lowest BCUT2D eigenvalue weighted by Crippen LogP contribution is -2.01. The molecular formula is C23H17FN4. The zero-order valence-corrected chi connectivity index (χ0v) is 15.0. The molecule has 0 aliphatic heterocycles. The second-order valence-electron chi connectivity index (χ2n) is 6.66. The van der Waals surface area contributed by atoms with Gasteiger partial charge in [0.25, 0.3) is 0 Å². The summed E-state index contributed by atoms with van der Waals surface area (Å²) in [5, 5.41) is 1.03. The van der Waals surface area contributed by atoms with Crippen LogP contribution in [0.5, 0.6) is 0 Å². The summed E-state index contributed by atoms with van der Waals surface area (Å²) in [6.07, 6.45) is 5.53. The molecule has 3 aromatic heterocycles. The fourth-order valence-corrected chi connectivity index (χ4v) is 3.55. The standard InChI is InChI=1S/C23H17FN4/c24-18-8-6-17(7-9-18)21-22(19-10-12-25-23-20(19)11-13-26-23)28(15-27-21)14-16-4-2-1-3-5-16/h1-13,15H,14H2,(H,25,26). The molecule has 1 N–H and O–H groups in total. The molecule has 3 heterocycles. The Balaban J connectivity index is 1.72. The molecule has 136 valence electrons. The Morgan fingerprint density at radius 2 is 1.71 bits per heavy atom. The van der Waals surface area contributed by atoms with Gasteiger partial charge in [0.2, 0.25) is 0 Å². The van der Waals surface area contributed by atoms with Gasteiger partial charge < -0.3 is 9.55 Å². The van der Waals surface area contributed by atoms with E-state index in [9.17, 15) is 4.39 Å². The van der Waals surface area contributed by atoms with Gasteiger partial charge in [0.15, 0.2) is 0 Å². The number of aromatic amines is 1. The highest BCUT2D eigenvalue weighted by Gasteiger charge is 2.18. The lowest BCUT2D eigenvalue weighted by atomic mass is 10.0. The summed E-state index contributed by atoms with van der Waals surface area (Å²) in [6, 6.07) is 20.8. The number of rotatable bonds is 4. The Morgan fingerprint density at radius 1 is 0.893 bits per heavy atom. The molecule has 0 bridgehead atoms. The number of hydrogen-bond donors (Lipinski definition) is 1. The van der Waals surface area contributed by atoms with Crippen molar-refractivity contribution in [1.82, 2.24) is 19.5 Å². The third kappa shape index (κ3) is 2.87. The highest BCUT2D eigenvalue weighted by Crippen LogP contribution is 2.35. The maximum atomic E-state index is 13.4.